The van der Waals surface area contributed by atoms with Crippen molar-refractivity contribution in [2.24, 2.45) is 0 Å². The summed E-state index contributed by atoms with van der Waals surface area (Å²) in [7, 11) is 0. The predicted molar refractivity (Wildman–Crippen MR) is 82.4 cm³/mol. The molecule has 0 aliphatic heterocycles. The highest BCUT2D eigenvalue weighted by molar-refractivity contribution is 5.86. The van der Waals surface area contributed by atoms with Crippen molar-refractivity contribution in [2.75, 3.05) is 0 Å². The second-order valence-electron chi connectivity index (χ2n) is 5.17. The molecule has 0 saturated carbocycles. The lowest BCUT2D eigenvalue weighted by atomic mass is 10.1. The van der Waals surface area contributed by atoms with Crippen LogP contribution in [0.2, 0.25) is 0 Å². The molecule has 0 spiro atoms. The predicted octanol–water partition coefficient (Wildman–Crippen LogP) is 4.72. The standard InChI is InChI=1S/2C9H7F3O/c2*10-9(11,12)8(13)6-7-4-2-1-3-5-7/h2*1-5H,6H2. The average Bonchev–Trinajstić information content (AvgIpc) is 2.55. The van der Waals surface area contributed by atoms with Gasteiger partial charge in [-0.2, -0.15) is 26.3 Å². The monoisotopic (exact) mass is 376 g/mol. The third-order valence-electron chi connectivity index (χ3n) is 3.05. The summed E-state index contributed by atoms with van der Waals surface area (Å²) >= 11 is 0. The molecule has 2 nitrogen and oxygen atoms in total. The molecule has 26 heavy (non-hydrogen) atoms. The minimum atomic E-state index is -4.73. The van der Waals surface area contributed by atoms with Crippen molar-refractivity contribution in [1.82, 2.24) is 0 Å². The second-order valence-corrected chi connectivity index (χ2v) is 5.17. The summed E-state index contributed by atoms with van der Waals surface area (Å²) in [5, 5.41) is 0. The van der Waals surface area contributed by atoms with Gasteiger partial charge in [-0.05, 0) is 11.1 Å². The van der Waals surface area contributed by atoms with E-state index in [4.69, 9.17) is 0 Å². The van der Waals surface area contributed by atoms with Gasteiger partial charge in [0, 0.05) is 12.8 Å². The van der Waals surface area contributed by atoms with E-state index >= 15 is 0 Å². The van der Waals surface area contributed by atoms with Crippen LogP contribution in [0, 0.1) is 0 Å². The molecule has 0 aliphatic carbocycles. The van der Waals surface area contributed by atoms with E-state index in [0.29, 0.717) is 11.1 Å². The van der Waals surface area contributed by atoms with Crippen LogP contribution in [0.3, 0.4) is 0 Å². The molecule has 0 atom stereocenters. The lowest BCUT2D eigenvalue weighted by Crippen LogP contribution is -2.24. The van der Waals surface area contributed by atoms with E-state index in [1.807, 2.05) is 0 Å². The van der Waals surface area contributed by atoms with Gasteiger partial charge in [0.25, 0.3) is 0 Å². The number of ketones is 2. The van der Waals surface area contributed by atoms with Crippen LogP contribution in [0.1, 0.15) is 11.1 Å². The largest absolute Gasteiger partial charge is 0.450 e. The van der Waals surface area contributed by atoms with Crippen molar-refractivity contribution < 1.29 is 35.9 Å². The van der Waals surface area contributed by atoms with Crippen molar-refractivity contribution in [3.8, 4) is 0 Å². The molecular formula is C18H14F6O2. The molecule has 0 aliphatic rings. The summed E-state index contributed by atoms with van der Waals surface area (Å²) in [6.45, 7) is 0. The van der Waals surface area contributed by atoms with E-state index in [1.54, 1.807) is 36.4 Å². The topological polar surface area (TPSA) is 34.1 Å². The maximum absolute atomic E-state index is 11.8. The molecule has 0 heterocycles. The van der Waals surface area contributed by atoms with Gasteiger partial charge in [-0.3, -0.25) is 9.59 Å². The van der Waals surface area contributed by atoms with E-state index in [9.17, 15) is 35.9 Å². The van der Waals surface area contributed by atoms with Crippen LogP contribution >= 0.6 is 0 Å². The van der Waals surface area contributed by atoms with Crippen LogP contribution in [0.4, 0.5) is 26.3 Å². The number of hydrogen-bond acceptors (Lipinski definition) is 2. The lowest BCUT2D eigenvalue weighted by molar-refractivity contribution is -0.170. The summed E-state index contributed by atoms with van der Waals surface area (Å²) < 4.78 is 70.7. The highest BCUT2D eigenvalue weighted by Crippen LogP contribution is 2.19. The van der Waals surface area contributed by atoms with Gasteiger partial charge in [0.2, 0.25) is 11.6 Å². The Morgan fingerprint density at radius 2 is 0.846 bits per heavy atom. The first kappa shape index (κ1) is 21.4. The molecule has 0 unspecified atom stereocenters. The Hall–Kier alpha value is -2.64. The molecule has 2 rings (SSSR count). The molecule has 0 saturated heterocycles. The van der Waals surface area contributed by atoms with Crippen LogP contribution in [-0.2, 0) is 22.4 Å². The summed E-state index contributed by atoms with van der Waals surface area (Å²) in [6, 6.07) is 15.7. The molecule has 8 heteroatoms. The molecule has 0 bridgehead atoms. The fourth-order valence-corrected chi connectivity index (χ4v) is 1.76. The molecule has 140 valence electrons. The molecule has 0 N–H and O–H groups in total. The summed E-state index contributed by atoms with van der Waals surface area (Å²) in [5.74, 6) is -3.42. The number of carbonyl (C=O) groups is 2. The van der Waals surface area contributed by atoms with Crippen molar-refractivity contribution in [2.45, 2.75) is 25.2 Å². The molecule has 2 aromatic carbocycles. The van der Waals surface area contributed by atoms with Crippen LogP contribution in [-0.4, -0.2) is 23.9 Å². The van der Waals surface area contributed by atoms with E-state index in [-0.39, 0.29) is 0 Å². The SMILES string of the molecule is O=C(Cc1ccccc1)C(F)(F)F.O=C(Cc1ccccc1)C(F)(F)F. The third kappa shape index (κ3) is 7.96. The number of halogens is 6. The van der Waals surface area contributed by atoms with E-state index < -0.39 is 36.8 Å². The highest BCUT2D eigenvalue weighted by Gasteiger charge is 2.38. The number of carbonyl (C=O) groups excluding carboxylic acids is 2. The summed E-state index contributed by atoms with van der Waals surface area (Å²) in [5.41, 5.74) is 0.759. The molecule has 0 radical (unpaired) electrons. The zero-order chi connectivity index (χ0) is 19.8. The highest BCUT2D eigenvalue weighted by atomic mass is 19.4. The zero-order valence-electron chi connectivity index (χ0n) is 13.3. The number of alkyl halides is 6. The van der Waals surface area contributed by atoms with Crippen molar-refractivity contribution in [3.63, 3.8) is 0 Å². The minimum absolute atomic E-state index is 0.379. The molecule has 2 aromatic rings. The van der Waals surface area contributed by atoms with Crippen LogP contribution in [0.15, 0.2) is 60.7 Å². The Morgan fingerprint density at radius 1 is 0.577 bits per heavy atom. The van der Waals surface area contributed by atoms with E-state index in [1.165, 1.54) is 24.3 Å². The van der Waals surface area contributed by atoms with Gasteiger partial charge in [-0.25, -0.2) is 0 Å². The first-order chi connectivity index (χ1) is 12.0. The van der Waals surface area contributed by atoms with Crippen LogP contribution < -0.4 is 0 Å². The van der Waals surface area contributed by atoms with Crippen molar-refractivity contribution >= 4 is 11.6 Å². The Balaban J connectivity index is 0.000000260. The van der Waals surface area contributed by atoms with Gasteiger partial charge in [0.1, 0.15) is 0 Å². The van der Waals surface area contributed by atoms with Crippen molar-refractivity contribution in [1.29, 1.82) is 0 Å². The number of Topliss-reactive ketones (excluding diaryl/α,β-unsaturated/α-hetero) is 2. The fourth-order valence-electron chi connectivity index (χ4n) is 1.76. The van der Waals surface area contributed by atoms with Crippen molar-refractivity contribution in [3.05, 3.63) is 71.8 Å². The number of benzene rings is 2. The molecule has 0 fully saturated rings. The Bertz CT molecular complexity index is 642. The maximum Gasteiger partial charge on any atom is 0.450 e. The van der Waals surface area contributed by atoms with Gasteiger partial charge in [0.05, 0.1) is 0 Å². The lowest BCUT2D eigenvalue weighted by Gasteiger charge is -2.04. The summed E-state index contributed by atoms with van der Waals surface area (Å²) in [4.78, 5) is 21.0. The van der Waals surface area contributed by atoms with Crippen LogP contribution in [0.5, 0.6) is 0 Å². The fraction of sp³-hybridized carbons (Fsp3) is 0.222. The average molecular weight is 376 g/mol. The first-order valence-corrected chi connectivity index (χ1v) is 7.28. The Morgan fingerprint density at radius 3 is 1.08 bits per heavy atom. The van der Waals surface area contributed by atoms with Gasteiger partial charge >= 0.3 is 12.4 Å². The smallest absolute Gasteiger partial charge is 0.289 e. The third-order valence-corrected chi connectivity index (χ3v) is 3.05. The van der Waals surface area contributed by atoms with E-state index in [0.717, 1.165) is 0 Å². The first-order valence-electron chi connectivity index (χ1n) is 7.28. The number of rotatable bonds is 4. The Labute approximate surface area is 145 Å². The molecule has 0 aromatic heterocycles. The zero-order valence-corrected chi connectivity index (χ0v) is 13.3. The maximum atomic E-state index is 11.8. The quantitative estimate of drug-likeness (QED) is 0.724. The van der Waals surface area contributed by atoms with E-state index in [2.05, 4.69) is 0 Å². The normalized spacial score (nSPS) is 11.3. The molecular weight excluding hydrogens is 362 g/mol. The second kappa shape index (κ2) is 9.17. The minimum Gasteiger partial charge on any atom is -0.289 e. The molecule has 0 amide bonds. The van der Waals surface area contributed by atoms with Gasteiger partial charge in [0.15, 0.2) is 0 Å². The van der Waals surface area contributed by atoms with Crippen LogP contribution in [0.25, 0.3) is 0 Å². The van der Waals surface area contributed by atoms with Gasteiger partial charge < -0.3 is 0 Å². The summed E-state index contributed by atoms with van der Waals surface area (Å²) in [6.07, 6.45) is -10.6. The Kier molecular flexibility index (Phi) is 7.55. The number of hydrogen-bond donors (Lipinski definition) is 0. The van der Waals surface area contributed by atoms with Gasteiger partial charge in [-0.15, -0.1) is 0 Å². The van der Waals surface area contributed by atoms with Gasteiger partial charge in [-0.1, -0.05) is 60.7 Å².